The number of unbranched alkanes of at least 4 members (excludes halogenated alkanes) is 22. The normalized spacial score (nSPS) is 11.5. The molecule has 0 aromatic carbocycles. The lowest BCUT2D eigenvalue weighted by Gasteiger charge is -2.06. The van der Waals surface area contributed by atoms with Gasteiger partial charge in [0.15, 0.2) is 0 Å². The van der Waals surface area contributed by atoms with Crippen LogP contribution in [0.5, 0.6) is 0 Å². The molecule has 237 valence electrons. The predicted molar refractivity (Wildman–Crippen MR) is 177 cm³/mol. The van der Waals surface area contributed by atoms with Crippen LogP contribution in [0.1, 0.15) is 194 Å². The van der Waals surface area contributed by atoms with Gasteiger partial charge in [-0.05, 0) is 64.2 Å². The third kappa shape index (κ3) is 35.1. The first-order valence-corrected chi connectivity index (χ1v) is 18.7. The van der Waals surface area contributed by atoms with Gasteiger partial charge >= 0.3 is 15.9 Å². The molecular formula is C36H66AlO4. The van der Waals surface area contributed by atoms with Crippen LogP contribution in [0.15, 0.2) is 24.3 Å². The highest BCUT2D eigenvalue weighted by Gasteiger charge is 2.13. The molecule has 0 spiro atoms. The van der Waals surface area contributed by atoms with E-state index in [1.54, 1.807) is 0 Å². The smallest absolute Gasteiger partial charge is 0.589 e. The first-order chi connectivity index (χ1) is 20.2. The van der Waals surface area contributed by atoms with E-state index >= 15 is 0 Å². The van der Waals surface area contributed by atoms with Gasteiger partial charge in [0.25, 0.3) is 11.9 Å². The summed E-state index contributed by atoms with van der Waals surface area (Å²) in [5, 5.41) is 0. The van der Waals surface area contributed by atoms with Crippen molar-refractivity contribution in [1.29, 1.82) is 0 Å². The fraction of sp³-hybridized carbons (Fsp3) is 0.833. The predicted octanol–water partition coefficient (Wildman–Crippen LogP) is 11.7. The molecule has 0 saturated carbocycles. The topological polar surface area (TPSA) is 52.6 Å². The maximum atomic E-state index is 11.9. The summed E-state index contributed by atoms with van der Waals surface area (Å²) >= 11 is -1.01. The van der Waals surface area contributed by atoms with Gasteiger partial charge in [-0.1, -0.05) is 141 Å². The largest absolute Gasteiger partial charge is 0.885 e. The number of rotatable bonds is 32. The van der Waals surface area contributed by atoms with E-state index in [0.29, 0.717) is 12.8 Å². The van der Waals surface area contributed by atoms with Crippen molar-refractivity contribution in [1.82, 2.24) is 0 Å². The molecule has 0 N–H and O–H groups in total. The van der Waals surface area contributed by atoms with E-state index in [-0.39, 0.29) is 11.9 Å². The van der Waals surface area contributed by atoms with Crippen LogP contribution in [0, 0.1) is 0 Å². The Hall–Kier alpha value is -1.05. The lowest BCUT2D eigenvalue weighted by atomic mass is 10.1. The Kier molecular flexibility index (Phi) is 34.3. The fourth-order valence-electron chi connectivity index (χ4n) is 4.93. The zero-order chi connectivity index (χ0) is 29.9. The average molecular weight is 590 g/mol. The van der Waals surface area contributed by atoms with Crippen LogP contribution in [-0.2, 0) is 17.2 Å². The Bertz CT molecular complexity index is 565. The van der Waals surface area contributed by atoms with Gasteiger partial charge in [0.2, 0.25) is 0 Å². The molecule has 0 saturated heterocycles. The Morgan fingerprint density at radius 3 is 1.00 bits per heavy atom. The summed E-state index contributed by atoms with van der Waals surface area (Å²) < 4.78 is 10.3. The molecule has 4 nitrogen and oxygen atoms in total. The van der Waals surface area contributed by atoms with Gasteiger partial charge < -0.3 is 7.58 Å². The van der Waals surface area contributed by atoms with Crippen molar-refractivity contribution in [3.05, 3.63) is 24.3 Å². The van der Waals surface area contributed by atoms with E-state index < -0.39 is 15.9 Å². The number of hydrogen-bond donors (Lipinski definition) is 0. The second-order valence-corrected chi connectivity index (χ2v) is 12.4. The Balaban J connectivity index is 3.35. The molecule has 5 heteroatoms. The molecule has 0 rings (SSSR count). The van der Waals surface area contributed by atoms with Gasteiger partial charge in [-0.2, -0.15) is 0 Å². The van der Waals surface area contributed by atoms with Crippen LogP contribution in [0.3, 0.4) is 0 Å². The van der Waals surface area contributed by atoms with Crippen molar-refractivity contribution in [2.24, 2.45) is 0 Å². The Morgan fingerprint density at radius 1 is 0.415 bits per heavy atom. The van der Waals surface area contributed by atoms with Crippen molar-refractivity contribution in [2.75, 3.05) is 0 Å². The van der Waals surface area contributed by atoms with Crippen molar-refractivity contribution in [2.45, 2.75) is 194 Å². The van der Waals surface area contributed by atoms with Crippen LogP contribution in [0.2, 0.25) is 0 Å². The van der Waals surface area contributed by atoms with Gasteiger partial charge in [0, 0.05) is 12.8 Å². The molecule has 0 aliphatic carbocycles. The van der Waals surface area contributed by atoms with Crippen LogP contribution in [0.25, 0.3) is 0 Å². The van der Waals surface area contributed by atoms with Crippen LogP contribution >= 0.6 is 0 Å². The Morgan fingerprint density at radius 2 is 0.683 bits per heavy atom. The summed E-state index contributed by atoms with van der Waals surface area (Å²) in [4.78, 5) is 23.7. The summed E-state index contributed by atoms with van der Waals surface area (Å²) in [6.45, 7) is 4.53. The van der Waals surface area contributed by atoms with E-state index in [2.05, 4.69) is 38.2 Å². The zero-order valence-corrected chi connectivity index (χ0v) is 28.5. The van der Waals surface area contributed by atoms with Crippen LogP contribution in [0.4, 0.5) is 0 Å². The highest BCUT2D eigenvalue weighted by Crippen LogP contribution is 2.12. The fourth-order valence-corrected chi connectivity index (χ4v) is 5.43. The van der Waals surface area contributed by atoms with Gasteiger partial charge in [-0.25, -0.2) is 0 Å². The first-order valence-electron chi connectivity index (χ1n) is 17.7. The second kappa shape index (κ2) is 35.2. The van der Waals surface area contributed by atoms with Crippen molar-refractivity contribution in [3.8, 4) is 0 Å². The Labute approximate surface area is 262 Å². The summed E-state index contributed by atoms with van der Waals surface area (Å²) in [6, 6.07) is 0. The van der Waals surface area contributed by atoms with Gasteiger partial charge in [0.05, 0.1) is 0 Å². The lowest BCUT2D eigenvalue weighted by Crippen LogP contribution is -2.15. The monoisotopic (exact) mass is 589 g/mol. The van der Waals surface area contributed by atoms with Crippen molar-refractivity contribution < 1.29 is 17.2 Å². The first kappa shape index (κ1) is 40.0. The molecule has 0 fully saturated rings. The molecule has 0 aliphatic rings. The maximum absolute atomic E-state index is 11.9. The summed E-state index contributed by atoms with van der Waals surface area (Å²) in [5.74, 6) is -0.460. The highest BCUT2D eigenvalue weighted by molar-refractivity contribution is 6.25. The average Bonchev–Trinajstić information content (AvgIpc) is 2.97. The van der Waals surface area contributed by atoms with E-state index in [1.165, 1.54) is 128 Å². The summed E-state index contributed by atoms with van der Waals surface area (Å²) in [7, 11) is 0. The number of allylic oxidation sites excluding steroid dienone is 4. The van der Waals surface area contributed by atoms with Crippen LogP contribution < -0.4 is 0 Å². The second-order valence-electron chi connectivity index (χ2n) is 11.7. The quantitative estimate of drug-likeness (QED) is 0.0445. The summed E-state index contributed by atoms with van der Waals surface area (Å²) in [6.07, 6.45) is 42.4. The molecule has 1 radical (unpaired) electrons. The summed E-state index contributed by atoms with van der Waals surface area (Å²) in [5.41, 5.74) is 0. The minimum absolute atomic E-state index is 0.230. The van der Waals surface area contributed by atoms with E-state index in [0.717, 1.165) is 38.5 Å². The van der Waals surface area contributed by atoms with Gasteiger partial charge in [0.1, 0.15) is 0 Å². The number of carbonyl (C=O) groups is 2. The third-order valence-electron chi connectivity index (χ3n) is 7.64. The molecule has 0 heterocycles. The molecule has 0 aromatic heterocycles. The zero-order valence-electron chi connectivity index (χ0n) is 27.3. The van der Waals surface area contributed by atoms with E-state index in [1.807, 2.05) is 0 Å². The van der Waals surface area contributed by atoms with Crippen LogP contribution in [-0.4, -0.2) is 27.8 Å². The highest BCUT2D eigenvalue weighted by atomic mass is 27.2. The molecule has 0 atom stereocenters. The van der Waals surface area contributed by atoms with Crippen molar-refractivity contribution in [3.63, 3.8) is 0 Å². The molecule has 0 aliphatic heterocycles. The van der Waals surface area contributed by atoms with E-state index in [4.69, 9.17) is 7.58 Å². The molecule has 0 bridgehead atoms. The molecule has 0 unspecified atom stereocenters. The third-order valence-corrected chi connectivity index (χ3v) is 8.36. The molecule has 41 heavy (non-hydrogen) atoms. The number of carbonyl (C=O) groups excluding carboxylic acids is 2. The maximum Gasteiger partial charge on any atom is 0.885 e. The molecule has 0 amide bonds. The number of hydrogen-bond acceptors (Lipinski definition) is 4. The van der Waals surface area contributed by atoms with Gasteiger partial charge in [-0.15, -0.1) is 0 Å². The lowest BCUT2D eigenvalue weighted by molar-refractivity contribution is -0.139. The minimum atomic E-state index is -1.01. The minimum Gasteiger partial charge on any atom is -0.589 e. The van der Waals surface area contributed by atoms with Gasteiger partial charge in [-0.3, -0.25) is 9.59 Å². The molecule has 0 aromatic rings. The van der Waals surface area contributed by atoms with Crippen molar-refractivity contribution >= 4 is 27.8 Å². The molecular weight excluding hydrogens is 523 g/mol. The standard InChI is InChI=1S/2C18H34O2.Al/c2*1-2-3-4-5-6-7-8-9-10-11-12-13-14-15-16-17-18(19)20;/h2*9-10H,2-8,11-17H2,1H3,(H,19,20);/q;;+2/p-2. The van der Waals surface area contributed by atoms with E-state index in [9.17, 15) is 9.59 Å². The SMILES string of the molecule is CCCCCCCCC=CCCCCCCCC(=O)[O][Al][O]C(=O)CCCCCCCC=CCCCCCCCC.